The maximum atomic E-state index is 9.96. The first-order chi connectivity index (χ1) is 11.3. The van der Waals surface area contributed by atoms with Gasteiger partial charge >= 0.3 is 0 Å². The molecule has 0 aromatic carbocycles. The fourth-order valence-electron chi connectivity index (χ4n) is 2.56. The fraction of sp³-hybridized carbons (Fsp3) is 0.533. The van der Waals surface area contributed by atoms with Crippen LogP contribution in [-0.2, 0) is 4.74 Å². The van der Waals surface area contributed by atoms with E-state index in [0.717, 1.165) is 0 Å². The van der Waals surface area contributed by atoms with Gasteiger partial charge in [0, 0.05) is 6.42 Å². The number of nitrogens with two attached hydrogens (primary N) is 1. The lowest BCUT2D eigenvalue weighted by Crippen LogP contribution is -2.24. The minimum Gasteiger partial charge on any atom is -0.394 e. The third kappa shape index (κ3) is 3.14. The predicted molar refractivity (Wildman–Crippen MR) is 91.6 cm³/mol. The van der Waals surface area contributed by atoms with Gasteiger partial charge in [-0.2, -0.15) is 5.10 Å². The van der Waals surface area contributed by atoms with E-state index in [1.165, 1.54) is 6.33 Å². The van der Waals surface area contributed by atoms with Gasteiger partial charge in [0.25, 0.3) is 0 Å². The minimum atomic E-state index is -1.59. The van der Waals surface area contributed by atoms with Crippen LogP contribution in [0.3, 0.4) is 0 Å². The first kappa shape index (κ1) is 16.9. The van der Waals surface area contributed by atoms with Gasteiger partial charge in [-0.1, -0.05) is 25.6 Å². The summed E-state index contributed by atoms with van der Waals surface area (Å²) in [5.74, 6) is 3.41. The van der Waals surface area contributed by atoms with Gasteiger partial charge in [-0.15, -0.1) is 5.54 Å². The highest BCUT2D eigenvalue weighted by molar-refractivity contribution is 6.83. The molecule has 0 saturated carbocycles. The molecular weight excluding hydrogens is 326 g/mol. The Hall–Kier alpha value is -1.99. The lowest BCUT2D eigenvalue weighted by molar-refractivity contribution is -0.0470. The number of nitrogen functional groups attached to an aromatic ring is 1. The lowest BCUT2D eigenvalue weighted by Gasteiger charge is -2.12. The third-order valence-corrected chi connectivity index (χ3v) is 4.61. The van der Waals surface area contributed by atoms with Crippen molar-refractivity contribution in [3.63, 3.8) is 0 Å². The molecule has 1 fully saturated rings. The molecule has 2 aromatic heterocycles. The number of anilines is 1. The van der Waals surface area contributed by atoms with Crippen LogP contribution in [0.1, 0.15) is 18.3 Å². The summed E-state index contributed by atoms with van der Waals surface area (Å²) in [6, 6.07) is 0. The standard InChI is InChI=1S/C15H21N5O3Si/c1-24(2,3)5-4-9-13-14(16)17-8-18-15(13)20(19-9)12-6-10(22)11(7-21)23-12/h8,10-12,21-22H,6-7H2,1-3H3,(H2,16,17,18)/t10-,11+,12+/m0/s1. The predicted octanol–water partition coefficient (Wildman–Crippen LogP) is 0.278. The molecule has 3 atom stereocenters. The minimum absolute atomic E-state index is 0.254. The Morgan fingerprint density at radius 1 is 1.42 bits per heavy atom. The van der Waals surface area contributed by atoms with Gasteiger partial charge in [0.2, 0.25) is 0 Å². The number of aromatic nitrogens is 4. The van der Waals surface area contributed by atoms with Gasteiger partial charge < -0.3 is 20.7 Å². The quantitative estimate of drug-likeness (QED) is 0.527. The average molecular weight is 347 g/mol. The van der Waals surface area contributed by atoms with Crippen molar-refractivity contribution < 1.29 is 14.9 Å². The van der Waals surface area contributed by atoms with Gasteiger partial charge in [-0.25, -0.2) is 14.6 Å². The Kier molecular flexibility index (Phi) is 4.31. The van der Waals surface area contributed by atoms with Crippen molar-refractivity contribution in [3.05, 3.63) is 12.0 Å². The topological polar surface area (TPSA) is 119 Å². The normalized spacial score (nSPS) is 24.1. The molecule has 0 radical (unpaired) electrons. The van der Waals surface area contributed by atoms with E-state index in [0.29, 0.717) is 29.0 Å². The molecule has 4 N–H and O–H groups in total. The average Bonchev–Trinajstić information content (AvgIpc) is 3.05. The monoisotopic (exact) mass is 347 g/mol. The zero-order valence-corrected chi connectivity index (χ0v) is 14.9. The maximum Gasteiger partial charge on any atom is 0.167 e. The summed E-state index contributed by atoms with van der Waals surface area (Å²) in [6.07, 6.45) is -0.246. The summed E-state index contributed by atoms with van der Waals surface area (Å²) < 4.78 is 7.25. The van der Waals surface area contributed by atoms with Gasteiger partial charge in [0.15, 0.2) is 11.9 Å². The van der Waals surface area contributed by atoms with E-state index in [4.69, 9.17) is 10.5 Å². The summed E-state index contributed by atoms with van der Waals surface area (Å²) in [7, 11) is -1.59. The summed E-state index contributed by atoms with van der Waals surface area (Å²) in [6.45, 7) is 6.17. The van der Waals surface area contributed by atoms with Gasteiger partial charge in [-0.05, 0) is 0 Å². The maximum absolute atomic E-state index is 9.96. The van der Waals surface area contributed by atoms with Crippen molar-refractivity contribution >= 4 is 24.9 Å². The Balaban J connectivity index is 2.10. The zero-order chi connectivity index (χ0) is 17.5. The van der Waals surface area contributed by atoms with Gasteiger partial charge in [0.05, 0.1) is 18.1 Å². The molecule has 1 aliphatic heterocycles. The van der Waals surface area contributed by atoms with Crippen LogP contribution in [0.15, 0.2) is 6.33 Å². The van der Waals surface area contributed by atoms with E-state index in [-0.39, 0.29) is 6.61 Å². The third-order valence-electron chi connectivity index (χ3n) is 3.73. The summed E-state index contributed by atoms with van der Waals surface area (Å²) in [4.78, 5) is 8.28. The molecule has 8 nitrogen and oxygen atoms in total. The highest BCUT2D eigenvalue weighted by Gasteiger charge is 2.36. The fourth-order valence-corrected chi connectivity index (χ4v) is 3.05. The van der Waals surface area contributed by atoms with Crippen LogP contribution in [0.2, 0.25) is 19.6 Å². The molecule has 3 rings (SSSR count). The van der Waals surface area contributed by atoms with Crippen LogP contribution >= 0.6 is 0 Å². The zero-order valence-electron chi connectivity index (χ0n) is 13.9. The molecule has 9 heteroatoms. The molecule has 0 aliphatic carbocycles. The molecule has 24 heavy (non-hydrogen) atoms. The molecule has 1 aliphatic rings. The highest BCUT2D eigenvalue weighted by Crippen LogP contribution is 2.32. The van der Waals surface area contributed by atoms with Crippen LogP contribution in [0, 0.1) is 11.5 Å². The van der Waals surface area contributed by atoms with Gasteiger partial charge in [-0.3, -0.25) is 0 Å². The van der Waals surface area contributed by atoms with Crippen LogP contribution in [0.25, 0.3) is 11.0 Å². The van der Waals surface area contributed by atoms with E-state index in [9.17, 15) is 10.2 Å². The number of ether oxygens (including phenoxy) is 1. The van der Waals surface area contributed by atoms with Crippen LogP contribution in [0.5, 0.6) is 0 Å². The van der Waals surface area contributed by atoms with E-state index in [1.807, 2.05) is 0 Å². The highest BCUT2D eigenvalue weighted by atomic mass is 28.3. The number of aliphatic hydroxyl groups is 2. The molecular formula is C15H21N5O3Si. The summed E-state index contributed by atoms with van der Waals surface area (Å²) in [5.41, 5.74) is 10.3. The molecule has 128 valence electrons. The Morgan fingerprint density at radius 3 is 2.79 bits per heavy atom. The van der Waals surface area contributed by atoms with Crippen LogP contribution < -0.4 is 5.73 Å². The summed E-state index contributed by atoms with van der Waals surface area (Å²) >= 11 is 0. The SMILES string of the molecule is C[Si](C)(C)C#Cc1nn([C@H]2C[C@H](O)[C@@H](CO)O2)c2ncnc(N)c12. The molecule has 0 spiro atoms. The Labute approximate surface area is 140 Å². The number of nitrogens with zero attached hydrogens (tertiary/aromatic N) is 4. The van der Waals surface area contributed by atoms with Gasteiger partial charge in [0.1, 0.15) is 32.0 Å². The first-order valence-corrected chi connectivity index (χ1v) is 11.3. The van der Waals surface area contributed by atoms with Crippen molar-refractivity contribution in [2.45, 2.75) is 44.5 Å². The van der Waals surface area contributed by atoms with E-state index in [2.05, 4.69) is 46.2 Å². The number of hydrogen-bond donors (Lipinski definition) is 3. The van der Waals surface area contributed by atoms with E-state index < -0.39 is 26.5 Å². The smallest absolute Gasteiger partial charge is 0.167 e. The van der Waals surface area contributed by atoms with Crippen molar-refractivity contribution in [2.75, 3.05) is 12.3 Å². The summed E-state index contributed by atoms with van der Waals surface area (Å²) in [5, 5.41) is 24.3. The number of rotatable bonds is 2. The second-order valence-electron chi connectivity index (χ2n) is 6.87. The number of fused-ring (bicyclic) bond motifs is 1. The second kappa shape index (κ2) is 6.14. The van der Waals surface area contributed by atoms with Crippen molar-refractivity contribution in [1.82, 2.24) is 19.7 Å². The lowest BCUT2D eigenvalue weighted by atomic mass is 10.2. The molecule has 0 amide bonds. The van der Waals surface area contributed by atoms with Crippen LogP contribution in [0.4, 0.5) is 5.82 Å². The molecule has 3 heterocycles. The van der Waals surface area contributed by atoms with E-state index >= 15 is 0 Å². The second-order valence-corrected chi connectivity index (χ2v) is 11.6. The molecule has 1 saturated heterocycles. The first-order valence-electron chi connectivity index (χ1n) is 7.76. The Bertz CT molecular complexity index is 820. The Morgan fingerprint density at radius 2 is 2.17 bits per heavy atom. The van der Waals surface area contributed by atoms with Crippen molar-refractivity contribution in [3.8, 4) is 11.5 Å². The molecule has 2 aromatic rings. The molecule has 0 bridgehead atoms. The number of aliphatic hydroxyl groups excluding tert-OH is 2. The largest absolute Gasteiger partial charge is 0.394 e. The van der Waals surface area contributed by atoms with Crippen molar-refractivity contribution in [1.29, 1.82) is 0 Å². The van der Waals surface area contributed by atoms with E-state index in [1.54, 1.807) is 4.68 Å². The number of hydrogen-bond acceptors (Lipinski definition) is 7. The van der Waals surface area contributed by atoms with Crippen LogP contribution in [-0.4, -0.2) is 56.9 Å². The molecule has 0 unspecified atom stereocenters. The van der Waals surface area contributed by atoms with Crippen molar-refractivity contribution in [2.24, 2.45) is 0 Å².